The number of benzene rings is 2. The highest BCUT2D eigenvalue weighted by Crippen LogP contribution is 2.30. The Balaban J connectivity index is 1.59. The lowest BCUT2D eigenvalue weighted by Crippen LogP contribution is -2.15. The summed E-state index contributed by atoms with van der Waals surface area (Å²) >= 11 is 0. The molecule has 0 aliphatic heterocycles. The molecule has 4 aromatic rings. The fourth-order valence-corrected chi connectivity index (χ4v) is 4.56. The Morgan fingerprint density at radius 3 is 2.49 bits per heavy atom. The highest BCUT2D eigenvalue weighted by Gasteiger charge is 2.20. The Kier molecular flexibility index (Phi) is 6.78. The van der Waals surface area contributed by atoms with Gasteiger partial charge in [0.1, 0.15) is 11.3 Å². The van der Waals surface area contributed by atoms with Gasteiger partial charge in [-0.15, -0.1) is 0 Å². The number of rotatable bonds is 8. The summed E-state index contributed by atoms with van der Waals surface area (Å²) in [6.07, 6.45) is 0.361. The summed E-state index contributed by atoms with van der Waals surface area (Å²) in [7, 11) is 1.94. The minimum absolute atomic E-state index is 0.112. The van der Waals surface area contributed by atoms with E-state index >= 15 is 0 Å². The third kappa shape index (κ3) is 4.46. The van der Waals surface area contributed by atoms with E-state index in [-0.39, 0.29) is 31.2 Å². The molecule has 2 aromatic carbocycles. The molecule has 182 valence electrons. The van der Waals surface area contributed by atoms with Crippen molar-refractivity contribution in [1.82, 2.24) is 4.57 Å². The number of ketones is 1. The maximum Gasteiger partial charge on any atom is 0.339 e. The number of aryl methyl sites for hydroxylation is 3. The van der Waals surface area contributed by atoms with Gasteiger partial charge in [0.15, 0.2) is 6.61 Å². The van der Waals surface area contributed by atoms with E-state index in [1.165, 1.54) is 0 Å². The normalized spacial score (nSPS) is 11.2. The van der Waals surface area contributed by atoms with Gasteiger partial charge in [0, 0.05) is 52.1 Å². The van der Waals surface area contributed by atoms with Gasteiger partial charge < -0.3 is 18.5 Å². The molecule has 0 saturated carbocycles. The number of esters is 1. The van der Waals surface area contributed by atoms with Crippen molar-refractivity contribution in [3.8, 4) is 5.75 Å². The second-order valence-corrected chi connectivity index (χ2v) is 8.61. The number of hydrogen-bond acceptors (Lipinski definition) is 6. The number of para-hydroxylation sites is 1. The topological polar surface area (TPSA) is 87.7 Å². The fourth-order valence-electron chi connectivity index (χ4n) is 4.56. The van der Waals surface area contributed by atoms with Crippen LogP contribution in [0.15, 0.2) is 45.6 Å². The van der Waals surface area contributed by atoms with Gasteiger partial charge in [-0.3, -0.25) is 9.59 Å². The Morgan fingerprint density at radius 2 is 1.74 bits per heavy atom. The first-order valence-corrected chi connectivity index (χ1v) is 11.7. The molecule has 0 aliphatic rings. The molecule has 7 nitrogen and oxygen atoms in total. The van der Waals surface area contributed by atoms with Crippen LogP contribution in [0.25, 0.3) is 21.9 Å². The molecular weight excluding hydrogens is 446 g/mol. The molecule has 0 fully saturated rings. The predicted molar refractivity (Wildman–Crippen MR) is 134 cm³/mol. The molecular formula is C28H29NO6. The van der Waals surface area contributed by atoms with Crippen LogP contribution >= 0.6 is 0 Å². The number of aromatic nitrogens is 1. The summed E-state index contributed by atoms with van der Waals surface area (Å²) < 4.78 is 18.5. The van der Waals surface area contributed by atoms with Crippen LogP contribution in [0, 0.1) is 20.8 Å². The van der Waals surface area contributed by atoms with Crippen molar-refractivity contribution in [2.45, 2.75) is 40.5 Å². The number of Topliss-reactive ketones (excluding diaryl/α,β-unsaturated/α-hetero) is 1. The van der Waals surface area contributed by atoms with E-state index in [0.717, 1.165) is 27.5 Å². The van der Waals surface area contributed by atoms with Crippen LogP contribution in [-0.4, -0.2) is 29.5 Å². The van der Waals surface area contributed by atoms with E-state index < -0.39 is 5.63 Å². The largest absolute Gasteiger partial charge is 0.485 e. The van der Waals surface area contributed by atoms with Crippen LogP contribution in [0.4, 0.5) is 0 Å². The number of ether oxygens (including phenoxy) is 2. The minimum atomic E-state index is -0.484. The summed E-state index contributed by atoms with van der Waals surface area (Å²) in [6, 6.07) is 11.4. The molecule has 0 aliphatic carbocycles. The lowest BCUT2D eigenvalue weighted by molar-refractivity contribution is -0.143. The monoisotopic (exact) mass is 475 g/mol. The van der Waals surface area contributed by atoms with Crippen molar-refractivity contribution in [2.24, 2.45) is 7.05 Å². The molecule has 0 saturated heterocycles. The molecule has 0 bridgehead atoms. The molecule has 0 atom stereocenters. The number of hydrogen-bond donors (Lipinski definition) is 0. The molecule has 0 unspecified atom stereocenters. The highest BCUT2D eigenvalue weighted by atomic mass is 16.5. The highest BCUT2D eigenvalue weighted by molar-refractivity contribution is 6.10. The van der Waals surface area contributed by atoms with E-state index in [1.807, 2.05) is 55.8 Å². The second-order valence-electron chi connectivity index (χ2n) is 8.61. The average molecular weight is 476 g/mol. The molecule has 35 heavy (non-hydrogen) atoms. The van der Waals surface area contributed by atoms with Gasteiger partial charge in [-0.05, 0) is 57.9 Å². The summed E-state index contributed by atoms with van der Waals surface area (Å²) in [4.78, 5) is 37.5. The smallest absolute Gasteiger partial charge is 0.339 e. The summed E-state index contributed by atoms with van der Waals surface area (Å²) in [6.45, 7) is 7.47. The van der Waals surface area contributed by atoms with E-state index in [9.17, 15) is 14.4 Å². The SMILES string of the molecule is CCOC(=O)CCc1c(C)c2ccc(OCC(=O)c3c(C)n(C)c4ccccc34)c(C)c2oc1=O. The van der Waals surface area contributed by atoms with Gasteiger partial charge in [-0.25, -0.2) is 4.79 Å². The van der Waals surface area contributed by atoms with E-state index in [4.69, 9.17) is 13.9 Å². The third-order valence-corrected chi connectivity index (χ3v) is 6.58. The van der Waals surface area contributed by atoms with Crippen LogP contribution in [0.5, 0.6) is 5.75 Å². The lowest BCUT2D eigenvalue weighted by atomic mass is 10.0. The van der Waals surface area contributed by atoms with Crippen molar-refractivity contribution in [3.05, 3.63) is 74.8 Å². The number of carbonyl (C=O) groups is 2. The quantitative estimate of drug-likeness (QED) is 0.203. The first kappa shape index (κ1) is 24.3. The maximum atomic E-state index is 13.1. The first-order chi connectivity index (χ1) is 16.7. The molecule has 0 radical (unpaired) electrons. The Morgan fingerprint density at radius 1 is 1.00 bits per heavy atom. The third-order valence-electron chi connectivity index (χ3n) is 6.58. The van der Waals surface area contributed by atoms with E-state index in [1.54, 1.807) is 19.9 Å². The van der Waals surface area contributed by atoms with Gasteiger partial charge in [-0.2, -0.15) is 0 Å². The standard InChI is InChI=1S/C28H29NO6/c1-6-33-25(31)14-12-20-16(2)19-11-13-24(17(3)27(19)35-28(20)32)34-15-23(30)26-18(4)29(5)22-10-8-7-9-21(22)26/h7-11,13H,6,12,14-15H2,1-5H3. The molecule has 0 amide bonds. The molecule has 2 aromatic heterocycles. The van der Waals surface area contributed by atoms with Crippen molar-refractivity contribution >= 4 is 33.6 Å². The predicted octanol–water partition coefficient (Wildman–Crippen LogP) is 4.97. The number of carbonyl (C=O) groups excluding carboxylic acids is 2. The Labute approximate surface area is 203 Å². The lowest BCUT2D eigenvalue weighted by Gasteiger charge is -2.13. The van der Waals surface area contributed by atoms with Crippen LogP contribution in [-0.2, 0) is 23.0 Å². The molecule has 0 spiro atoms. The van der Waals surface area contributed by atoms with E-state index in [0.29, 0.717) is 34.6 Å². The fraction of sp³-hybridized carbons (Fsp3) is 0.321. The van der Waals surface area contributed by atoms with Crippen LogP contribution in [0.2, 0.25) is 0 Å². The summed E-state index contributed by atoms with van der Waals surface area (Å²) in [5, 5.41) is 1.66. The minimum Gasteiger partial charge on any atom is -0.485 e. The Hall–Kier alpha value is -3.87. The van der Waals surface area contributed by atoms with Gasteiger partial charge >= 0.3 is 11.6 Å². The molecule has 2 heterocycles. The van der Waals surface area contributed by atoms with Gasteiger partial charge in [-0.1, -0.05) is 18.2 Å². The average Bonchev–Trinajstić information content (AvgIpc) is 3.09. The van der Waals surface area contributed by atoms with Crippen molar-refractivity contribution in [2.75, 3.05) is 13.2 Å². The van der Waals surface area contributed by atoms with Gasteiger partial charge in [0.25, 0.3) is 0 Å². The van der Waals surface area contributed by atoms with Crippen LogP contribution in [0.1, 0.15) is 46.1 Å². The maximum absolute atomic E-state index is 13.1. The van der Waals surface area contributed by atoms with Crippen molar-refractivity contribution < 1.29 is 23.5 Å². The summed E-state index contributed by atoms with van der Waals surface area (Å²) in [5.41, 5.74) is 4.31. The van der Waals surface area contributed by atoms with Crippen molar-refractivity contribution in [1.29, 1.82) is 0 Å². The van der Waals surface area contributed by atoms with Gasteiger partial charge in [0.2, 0.25) is 5.78 Å². The second kappa shape index (κ2) is 9.78. The summed E-state index contributed by atoms with van der Waals surface area (Å²) in [5.74, 6) is 0.00808. The number of nitrogens with zero attached hydrogens (tertiary/aromatic N) is 1. The Bertz CT molecular complexity index is 1510. The molecule has 0 N–H and O–H groups in total. The van der Waals surface area contributed by atoms with Crippen molar-refractivity contribution in [3.63, 3.8) is 0 Å². The molecule has 4 rings (SSSR count). The zero-order chi connectivity index (χ0) is 25.3. The molecule has 7 heteroatoms. The van der Waals surface area contributed by atoms with Gasteiger partial charge in [0.05, 0.1) is 6.61 Å². The zero-order valence-electron chi connectivity index (χ0n) is 20.7. The zero-order valence-corrected chi connectivity index (χ0v) is 20.7. The van der Waals surface area contributed by atoms with E-state index in [2.05, 4.69) is 0 Å². The van der Waals surface area contributed by atoms with Crippen LogP contribution < -0.4 is 10.4 Å². The van der Waals surface area contributed by atoms with Crippen LogP contribution in [0.3, 0.4) is 0 Å². The number of fused-ring (bicyclic) bond motifs is 2. The first-order valence-electron chi connectivity index (χ1n) is 11.7.